The Labute approximate surface area is 144 Å². The molecule has 1 fully saturated rings. The second kappa shape index (κ2) is 7.98. The van der Waals surface area contributed by atoms with Gasteiger partial charge in [-0.1, -0.05) is 25.9 Å². The Morgan fingerprint density at radius 2 is 2.04 bits per heavy atom. The number of nitrogens with one attached hydrogen (secondary N) is 1. The average molecular weight is 338 g/mol. The number of urea groups is 1. The highest BCUT2D eigenvalue weighted by molar-refractivity contribution is 5.90. The van der Waals surface area contributed by atoms with Gasteiger partial charge in [0.05, 0.1) is 13.2 Å². The first-order valence-electron chi connectivity index (χ1n) is 8.60. The monoisotopic (exact) mass is 338 g/mol. The van der Waals surface area contributed by atoms with Gasteiger partial charge in [-0.25, -0.2) is 4.79 Å². The highest BCUT2D eigenvalue weighted by Gasteiger charge is 2.27. The molecule has 0 bridgehead atoms. The van der Waals surface area contributed by atoms with Crippen LogP contribution in [-0.4, -0.2) is 67.4 Å². The molecule has 0 unspecified atom stereocenters. The largest absolute Gasteiger partial charge is 0.379 e. The van der Waals surface area contributed by atoms with Gasteiger partial charge in [0.25, 0.3) is 0 Å². The van der Waals surface area contributed by atoms with Crippen LogP contribution in [0, 0.1) is 12.3 Å². The van der Waals surface area contributed by atoms with Crippen molar-refractivity contribution in [1.82, 2.24) is 15.0 Å². The molecule has 2 heterocycles. The van der Waals surface area contributed by atoms with Gasteiger partial charge in [0.1, 0.15) is 11.4 Å². The van der Waals surface area contributed by atoms with Crippen LogP contribution in [0.5, 0.6) is 0 Å². The van der Waals surface area contributed by atoms with Gasteiger partial charge in [0, 0.05) is 33.2 Å². The van der Waals surface area contributed by atoms with Crippen molar-refractivity contribution in [3.05, 3.63) is 11.5 Å². The minimum absolute atomic E-state index is 0.000702. The minimum atomic E-state index is -0.133. The molecule has 0 radical (unpaired) electrons. The molecule has 2 rings (SSSR count). The van der Waals surface area contributed by atoms with Crippen molar-refractivity contribution in [3.8, 4) is 0 Å². The number of anilines is 1. The summed E-state index contributed by atoms with van der Waals surface area (Å²) in [6.07, 6.45) is 0.721. The van der Waals surface area contributed by atoms with Crippen molar-refractivity contribution in [2.45, 2.75) is 34.1 Å². The van der Waals surface area contributed by atoms with E-state index < -0.39 is 0 Å². The third kappa shape index (κ3) is 4.95. The molecular formula is C17H30N4O3. The summed E-state index contributed by atoms with van der Waals surface area (Å²) < 4.78 is 10.6. The Morgan fingerprint density at radius 1 is 1.38 bits per heavy atom. The summed E-state index contributed by atoms with van der Waals surface area (Å²) in [7, 11) is 1.82. The predicted octanol–water partition coefficient (Wildman–Crippen LogP) is 2.37. The summed E-state index contributed by atoms with van der Waals surface area (Å²) in [5.74, 6) is 0.640. The molecule has 0 aromatic carbocycles. The number of nitrogens with zero attached hydrogens (tertiary/aromatic N) is 3. The van der Waals surface area contributed by atoms with E-state index in [1.807, 2.05) is 20.9 Å². The number of carbonyl (C=O) groups is 1. The number of aryl methyl sites for hydroxylation is 2. The van der Waals surface area contributed by atoms with Crippen molar-refractivity contribution >= 4 is 11.7 Å². The van der Waals surface area contributed by atoms with E-state index >= 15 is 0 Å². The number of amides is 2. The Bertz CT molecular complexity index is 550. The quantitative estimate of drug-likeness (QED) is 0.862. The topological polar surface area (TPSA) is 70.8 Å². The zero-order valence-electron chi connectivity index (χ0n) is 15.5. The maximum Gasteiger partial charge on any atom is 0.321 e. The van der Waals surface area contributed by atoms with Crippen molar-refractivity contribution in [3.63, 3.8) is 0 Å². The van der Waals surface area contributed by atoms with E-state index in [4.69, 9.17) is 9.26 Å². The Kier molecular flexibility index (Phi) is 6.23. The fourth-order valence-electron chi connectivity index (χ4n) is 3.15. The predicted molar refractivity (Wildman–Crippen MR) is 93.3 cm³/mol. The number of hydrogen-bond donors (Lipinski definition) is 1. The number of ether oxygens (including phenoxy) is 1. The van der Waals surface area contributed by atoms with Crippen LogP contribution in [-0.2, 0) is 11.2 Å². The lowest BCUT2D eigenvalue weighted by Crippen LogP contribution is -2.47. The van der Waals surface area contributed by atoms with Gasteiger partial charge in [-0.15, -0.1) is 0 Å². The zero-order valence-corrected chi connectivity index (χ0v) is 15.5. The summed E-state index contributed by atoms with van der Waals surface area (Å²) in [5.41, 5.74) is 1.47. The molecule has 7 heteroatoms. The molecule has 24 heavy (non-hydrogen) atoms. The summed E-state index contributed by atoms with van der Waals surface area (Å²) in [6.45, 7) is 13.3. The second-order valence-electron chi connectivity index (χ2n) is 7.25. The van der Waals surface area contributed by atoms with E-state index in [-0.39, 0.29) is 11.4 Å². The first-order chi connectivity index (χ1) is 11.3. The van der Waals surface area contributed by atoms with E-state index in [0.717, 1.165) is 45.0 Å². The molecule has 2 amide bonds. The van der Waals surface area contributed by atoms with Gasteiger partial charge >= 0.3 is 6.03 Å². The molecule has 0 saturated carbocycles. The summed E-state index contributed by atoms with van der Waals surface area (Å²) in [6, 6.07) is -0.133. The lowest BCUT2D eigenvalue weighted by molar-refractivity contribution is 0.0182. The van der Waals surface area contributed by atoms with Gasteiger partial charge in [-0.05, 0) is 18.8 Å². The van der Waals surface area contributed by atoms with Crippen LogP contribution < -0.4 is 5.32 Å². The number of morpholine rings is 1. The Morgan fingerprint density at radius 3 is 2.67 bits per heavy atom. The van der Waals surface area contributed by atoms with Crippen LogP contribution in [0.4, 0.5) is 10.5 Å². The first-order valence-corrected chi connectivity index (χ1v) is 8.60. The Hall–Kier alpha value is -1.60. The van der Waals surface area contributed by atoms with Crippen LogP contribution in [0.2, 0.25) is 0 Å². The molecule has 1 aliphatic heterocycles. The summed E-state index contributed by atoms with van der Waals surface area (Å²) in [4.78, 5) is 16.6. The average Bonchev–Trinajstić information content (AvgIpc) is 2.87. The van der Waals surface area contributed by atoms with E-state index in [1.54, 1.807) is 4.90 Å². The van der Waals surface area contributed by atoms with Gasteiger partial charge < -0.3 is 19.5 Å². The fourth-order valence-corrected chi connectivity index (χ4v) is 3.15. The molecule has 1 N–H and O–H groups in total. The van der Waals surface area contributed by atoms with Crippen molar-refractivity contribution in [2.75, 3.05) is 51.8 Å². The normalized spacial score (nSPS) is 16.2. The minimum Gasteiger partial charge on any atom is -0.379 e. The lowest BCUT2D eigenvalue weighted by atomic mass is 9.92. The highest BCUT2D eigenvalue weighted by atomic mass is 16.5. The second-order valence-corrected chi connectivity index (χ2v) is 7.25. The van der Waals surface area contributed by atoms with Crippen molar-refractivity contribution in [2.24, 2.45) is 5.41 Å². The van der Waals surface area contributed by atoms with E-state index in [2.05, 4.69) is 29.2 Å². The third-order valence-electron chi connectivity index (χ3n) is 4.27. The number of rotatable bonds is 6. The number of hydrogen-bond acceptors (Lipinski definition) is 5. The SMILES string of the molecule is CCc1noc(C)c1NC(=O)N(C)CC(C)(C)CN1CCOCC1. The summed E-state index contributed by atoms with van der Waals surface area (Å²) >= 11 is 0. The van der Waals surface area contributed by atoms with Crippen molar-refractivity contribution in [1.29, 1.82) is 0 Å². The van der Waals surface area contributed by atoms with E-state index in [9.17, 15) is 4.79 Å². The van der Waals surface area contributed by atoms with Gasteiger partial charge in [-0.3, -0.25) is 4.90 Å². The first kappa shape index (κ1) is 18.7. The standard InChI is InChI=1S/C17H30N4O3/c1-6-14-15(13(2)24-19-14)18-16(22)20(5)11-17(3,4)12-21-7-9-23-10-8-21/h6-12H2,1-5H3,(H,18,22). The molecule has 1 aromatic rings. The molecule has 1 saturated heterocycles. The van der Waals surface area contributed by atoms with Crippen LogP contribution in [0.15, 0.2) is 4.52 Å². The highest BCUT2D eigenvalue weighted by Crippen LogP contribution is 2.22. The van der Waals surface area contributed by atoms with Crippen LogP contribution in [0.3, 0.4) is 0 Å². The third-order valence-corrected chi connectivity index (χ3v) is 4.27. The van der Waals surface area contributed by atoms with Crippen LogP contribution in [0.1, 0.15) is 32.2 Å². The molecule has 136 valence electrons. The maximum absolute atomic E-state index is 12.5. The smallest absolute Gasteiger partial charge is 0.321 e. The summed E-state index contributed by atoms with van der Waals surface area (Å²) in [5, 5.41) is 6.90. The van der Waals surface area contributed by atoms with Gasteiger partial charge in [0.2, 0.25) is 0 Å². The van der Waals surface area contributed by atoms with Gasteiger partial charge in [0.15, 0.2) is 5.76 Å². The van der Waals surface area contributed by atoms with Crippen LogP contribution >= 0.6 is 0 Å². The number of carbonyl (C=O) groups excluding carboxylic acids is 1. The van der Waals surface area contributed by atoms with E-state index in [0.29, 0.717) is 18.0 Å². The van der Waals surface area contributed by atoms with E-state index in [1.165, 1.54) is 0 Å². The maximum atomic E-state index is 12.5. The Balaban J connectivity index is 1.91. The molecule has 0 spiro atoms. The zero-order chi connectivity index (χ0) is 17.7. The molecule has 1 aromatic heterocycles. The molecule has 1 aliphatic rings. The molecular weight excluding hydrogens is 308 g/mol. The fraction of sp³-hybridized carbons (Fsp3) is 0.765. The molecule has 0 aliphatic carbocycles. The lowest BCUT2D eigenvalue weighted by Gasteiger charge is -2.37. The number of aromatic nitrogens is 1. The molecule has 7 nitrogen and oxygen atoms in total. The van der Waals surface area contributed by atoms with Gasteiger partial charge in [-0.2, -0.15) is 0 Å². The van der Waals surface area contributed by atoms with Crippen molar-refractivity contribution < 1.29 is 14.1 Å². The van der Waals surface area contributed by atoms with Crippen LogP contribution in [0.25, 0.3) is 0 Å². The molecule has 0 atom stereocenters.